The first-order valence-electron chi connectivity index (χ1n) is 8.97. The molecule has 0 aromatic heterocycles. The van der Waals surface area contributed by atoms with Crippen LogP contribution in [0, 0.1) is 6.92 Å². The molecular formula is C21H25N3O2. The Hall–Kier alpha value is -2.66. The fourth-order valence-corrected chi connectivity index (χ4v) is 3.28. The molecule has 1 aliphatic heterocycles. The van der Waals surface area contributed by atoms with Crippen molar-refractivity contribution in [1.82, 2.24) is 4.90 Å². The predicted molar refractivity (Wildman–Crippen MR) is 105 cm³/mol. The average molecular weight is 351 g/mol. The molecule has 0 bridgehead atoms. The Morgan fingerprint density at radius 1 is 1.00 bits per heavy atom. The van der Waals surface area contributed by atoms with E-state index in [1.54, 1.807) is 18.2 Å². The van der Waals surface area contributed by atoms with Crippen molar-refractivity contribution in [2.75, 3.05) is 42.9 Å². The molecule has 0 aliphatic carbocycles. The minimum Gasteiger partial charge on any atom is -0.369 e. The van der Waals surface area contributed by atoms with Gasteiger partial charge in [-0.15, -0.1) is 0 Å². The van der Waals surface area contributed by atoms with Gasteiger partial charge in [0, 0.05) is 37.4 Å². The minimum atomic E-state index is -0.0808. The molecule has 5 nitrogen and oxygen atoms in total. The van der Waals surface area contributed by atoms with Gasteiger partial charge < -0.3 is 10.2 Å². The standard InChI is InChI=1S/C21H25N3O2/c1-16-6-5-7-18(14-16)24-12-10-23(11-13-24)15-21(26)22-20-9-4-3-8-19(20)17(2)25/h3-9,14H,10-13,15H2,1-2H3,(H,22,26). The van der Waals surface area contributed by atoms with E-state index in [1.807, 2.05) is 6.07 Å². The highest BCUT2D eigenvalue weighted by atomic mass is 16.2. The van der Waals surface area contributed by atoms with E-state index in [-0.39, 0.29) is 11.7 Å². The van der Waals surface area contributed by atoms with E-state index >= 15 is 0 Å². The van der Waals surface area contributed by atoms with Crippen molar-refractivity contribution >= 4 is 23.1 Å². The number of nitrogens with one attached hydrogen (secondary N) is 1. The third-order valence-electron chi connectivity index (χ3n) is 4.69. The molecule has 1 heterocycles. The Morgan fingerprint density at radius 2 is 1.73 bits per heavy atom. The number of piperazine rings is 1. The summed E-state index contributed by atoms with van der Waals surface area (Å²) in [5, 5.41) is 2.87. The highest BCUT2D eigenvalue weighted by molar-refractivity contribution is 6.04. The van der Waals surface area contributed by atoms with Crippen LogP contribution in [0.1, 0.15) is 22.8 Å². The zero-order chi connectivity index (χ0) is 18.5. The number of aryl methyl sites for hydroxylation is 1. The number of benzene rings is 2. The minimum absolute atomic E-state index is 0.0485. The summed E-state index contributed by atoms with van der Waals surface area (Å²) >= 11 is 0. The first kappa shape index (κ1) is 18.1. The van der Waals surface area contributed by atoms with Crippen LogP contribution in [0.2, 0.25) is 0 Å². The zero-order valence-electron chi connectivity index (χ0n) is 15.4. The molecule has 1 saturated heterocycles. The maximum absolute atomic E-state index is 12.4. The van der Waals surface area contributed by atoms with Gasteiger partial charge in [0.25, 0.3) is 0 Å². The van der Waals surface area contributed by atoms with Crippen molar-refractivity contribution in [3.8, 4) is 0 Å². The van der Waals surface area contributed by atoms with Crippen LogP contribution in [0.5, 0.6) is 0 Å². The molecule has 1 N–H and O–H groups in total. The molecule has 0 saturated carbocycles. The van der Waals surface area contributed by atoms with Gasteiger partial charge >= 0.3 is 0 Å². The molecular weight excluding hydrogens is 326 g/mol. The van der Waals surface area contributed by atoms with E-state index in [4.69, 9.17) is 0 Å². The molecule has 136 valence electrons. The van der Waals surface area contributed by atoms with Crippen LogP contribution in [0.15, 0.2) is 48.5 Å². The van der Waals surface area contributed by atoms with Crippen LogP contribution in [-0.2, 0) is 4.79 Å². The van der Waals surface area contributed by atoms with Crippen LogP contribution in [0.4, 0.5) is 11.4 Å². The van der Waals surface area contributed by atoms with Gasteiger partial charge in [0.2, 0.25) is 5.91 Å². The summed E-state index contributed by atoms with van der Waals surface area (Å²) in [5.41, 5.74) is 3.63. The molecule has 2 aromatic rings. The second-order valence-corrected chi connectivity index (χ2v) is 6.75. The number of ketones is 1. The smallest absolute Gasteiger partial charge is 0.238 e. The Bertz CT molecular complexity index is 795. The van der Waals surface area contributed by atoms with Gasteiger partial charge in [-0.05, 0) is 43.7 Å². The second-order valence-electron chi connectivity index (χ2n) is 6.75. The van der Waals surface area contributed by atoms with Crippen LogP contribution in [0.25, 0.3) is 0 Å². The first-order valence-corrected chi connectivity index (χ1v) is 8.97. The summed E-state index contributed by atoms with van der Waals surface area (Å²) in [6.07, 6.45) is 0. The Kier molecular flexibility index (Phi) is 5.68. The molecule has 0 spiro atoms. The second kappa shape index (κ2) is 8.15. The Morgan fingerprint density at radius 3 is 2.42 bits per heavy atom. The molecule has 2 aromatic carbocycles. The summed E-state index contributed by atoms with van der Waals surface area (Å²) in [4.78, 5) is 28.5. The lowest BCUT2D eigenvalue weighted by atomic mass is 10.1. The fourth-order valence-electron chi connectivity index (χ4n) is 3.28. The number of amides is 1. The number of anilines is 2. The van der Waals surface area contributed by atoms with Gasteiger partial charge in [-0.1, -0.05) is 24.3 Å². The molecule has 1 aliphatic rings. The summed E-state index contributed by atoms with van der Waals surface area (Å²) in [7, 11) is 0. The van der Waals surface area contributed by atoms with Gasteiger partial charge in [-0.2, -0.15) is 0 Å². The number of rotatable bonds is 5. The van der Waals surface area contributed by atoms with Gasteiger partial charge in [-0.25, -0.2) is 0 Å². The average Bonchev–Trinajstić information content (AvgIpc) is 2.62. The lowest BCUT2D eigenvalue weighted by Gasteiger charge is -2.35. The number of hydrogen-bond donors (Lipinski definition) is 1. The van der Waals surface area contributed by atoms with Crippen molar-refractivity contribution in [1.29, 1.82) is 0 Å². The third-order valence-corrected chi connectivity index (χ3v) is 4.69. The van der Waals surface area contributed by atoms with Gasteiger partial charge in [0.15, 0.2) is 5.78 Å². The van der Waals surface area contributed by atoms with Crippen LogP contribution in [0.3, 0.4) is 0 Å². The van der Waals surface area contributed by atoms with Gasteiger partial charge in [0.1, 0.15) is 0 Å². The van der Waals surface area contributed by atoms with E-state index in [0.29, 0.717) is 17.8 Å². The third kappa shape index (κ3) is 4.49. The Balaban J connectivity index is 1.53. The van der Waals surface area contributed by atoms with E-state index in [9.17, 15) is 9.59 Å². The molecule has 5 heteroatoms. The van der Waals surface area contributed by atoms with Gasteiger partial charge in [0.05, 0.1) is 12.2 Å². The molecule has 0 radical (unpaired) electrons. The molecule has 1 fully saturated rings. The van der Waals surface area contributed by atoms with Gasteiger partial charge in [-0.3, -0.25) is 14.5 Å². The van der Waals surface area contributed by atoms with Crippen LogP contribution in [-0.4, -0.2) is 49.3 Å². The number of Topliss-reactive ketones (excluding diaryl/α,β-unsaturated/α-hetero) is 1. The highest BCUT2D eigenvalue weighted by Crippen LogP contribution is 2.18. The number of para-hydroxylation sites is 1. The van der Waals surface area contributed by atoms with Crippen LogP contribution >= 0.6 is 0 Å². The van der Waals surface area contributed by atoms with E-state index < -0.39 is 0 Å². The SMILES string of the molecule is CC(=O)c1ccccc1NC(=O)CN1CCN(c2cccc(C)c2)CC1. The molecule has 0 unspecified atom stereocenters. The summed E-state index contributed by atoms with van der Waals surface area (Å²) in [6, 6.07) is 15.6. The lowest BCUT2D eigenvalue weighted by Crippen LogP contribution is -2.48. The normalized spacial score (nSPS) is 14.9. The van der Waals surface area contributed by atoms with Crippen molar-refractivity contribution < 1.29 is 9.59 Å². The molecule has 26 heavy (non-hydrogen) atoms. The number of carbonyl (C=O) groups is 2. The zero-order valence-corrected chi connectivity index (χ0v) is 15.4. The molecule has 0 atom stereocenters. The number of hydrogen-bond acceptors (Lipinski definition) is 4. The maximum atomic E-state index is 12.4. The van der Waals surface area contributed by atoms with E-state index in [2.05, 4.69) is 46.3 Å². The summed E-state index contributed by atoms with van der Waals surface area (Å²) in [5.74, 6) is -0.129. The topological polar surface area (TPSA) is 52.7 Å². The summed E-state index contributed by atoms with van der Waals surface area (Å²) in [6.45, 7) is 7.44. The lowest BCUT2D eigenvalue weighted by molar-refractivity contribution is -0.117. The predicted octanol–water partition coefficient (Wildman–Crippen LogP) is 2.96. The number of nitrogens with zero attached hydrogens (tertiary/aromatic N) is 2. The van der Waals surface area contributed by atoms with Crippen molar-refractivity contribution in [2.24, 2.45) is 0 Å². The number of carbonyl (C=O) groups excluding carboxylic acids is 2. The monoisotopic (exact) mass is 351 g/mol. The maximum Gasteiger partial charge on any atom is 0.238 e. The Labute approximate surface area is 154 Å². The van der Waals surface area contributed by atoms with Crippen molar-refractivity contribution in [2.45, 2.75) is 13.8 Å². The highest BCUT2D eigenvalue weighted by Gasteiger charge is 2.20. The quantitative estimate of drug-likeness (QED) is 0.842. The van der Waals surface area contributed by atoms with Crippen LogP contribution < -0.4 is 10.2 Å². The van der Waals surface area contributed by atoms with E-state index in [0.717, 1.165) is 26.2 Å². The molecule has 1 amide bonds. The largest absolute Gasteiger partial charge is 0.369 e. The molecule has 3 rings (SSSR count). The van der Waals surface area contributed by atoms with E-state index in [1.165, 1.54) is 18.2 Å². The fraction of sp³-hybridized carbons (Fsp3) is 0.333. The summed E-state index contributed by atoms with van der Waals surface area (Å²) < 4.78 is 0. The first-order chi connectivity index (χ1) is 12.5. The van der Waals surface area contributed by atoms with Crippen molar-refractivity contribution in [3.05, 3.63) is 59.7 Å². The van der Waals surface area contributed by atoms with Crippen molar-refractivity contribution in [3.63, 3.8) is 0 Å².